The first-order valence-corrected chi connectivity index (χ1v) is 12.1. The van der Waals surface area contributed by atoms with Crippen LogP contribution in [0.4, 0.5) is 0 Å². The first kappa shape index (κ1) is 20.7. The third-order valence-corrected chi connectivity index (χ3v) is 9.51. The highest BCUT2D eigenvalue weighted by molar-refractivity contribution is 5.01. The third kappa shape index (κ3) is 4.03. The second kappa shape index (κ2) is 8.54. The predicted octanol–water partition coefficient (Wildman–Crippen LogP) is 7.19. The Kier molecular flexibility index (Phi) is 6.80. The molecule has 1 heteroatoms. The Balaban J connectivity index is 1.68. The van der Waals surface area contributed by atoms with E-state index in [1.54, 1.807) is 0 Å². The Hall–Kier alpha value is -0.0400. The van der Waals surface area contributed by atoms with Crippen molar-refractivity contribution in [1.29, 1.82) is 0 Å². The minimum absolute atomic E-state index is 0.580. The fraction of sp³-hybridized carbons (Fsp3) is 1.00. The summed E-state index contributed by atoms with van der Waals surface area (Å²) in [4.78, 5) is 0. The van der Waals surface area contributed by atoms with Gasteiger partial charge in [-0.05, 0) is 98.3 Å². The Labute approximate surface area is 164 Å². The molecule has 3 saturated carbocycles. The van der Waals surface area contributed by atoms with Crippen molar-refractivity contribution in [1.82, 2.24) is 0 Å². The van der Waals surface area contributed by atoms with Gasteiger partial charge in [-0.25, -0.2) is 0 Å². The largest absolute Gasteiger partial charge is 0.330 e. The van der Waals surface area contributed by atoms with Crippen molar-refractivity contribution in [2.24, 2.45) is 46.2 Å². The van der Waals surface area contributed by atoms with E-state index in [-0.39, 0.29) is 0 Å². The second-order valence-corrected chi connectivity index (χ2v) is 11.2. The van der Waals surface area contributed by atoms with Crippen LogP contribution >= 0.6 is 0 Å². The molecule has 0 aliphatic heterocycles. The molecule has 0 spiro atoms. The highest BCUT2D eigenvalue weighted by atomic mass is 14.6. The fourth-order valence-corrected chi connectivity index (χ4v) is 7.97. The molecule has 5 unspecified atom stereocenters. The highest BCUT2D eigenvalue weighted by Crippen LogP contribution is 2.60. The summed E-state index contributed by atoms with van der Waals surface area (Å²) in [6.07, 6.45) is 19.0. The maximum absolute atomic E-state index is 5.84. The maximum Gasteiger partial charge on any atom is -0.00772 e. The van der Waals surface area contributed by atoms with Crippen LogP contribution in [0.3, 0.4) is 0 Å². The molecule has 0 radical (unpaired) electrons. The maximum atomic E-state index is 5.84. The van der Waals surface area contributed by atoms with Gasteiger partial charge in [0.25, 0.3) is 0 Å². The summed E-state index contributed by atoms with van der Waals surface area (Å²) >= 11 is 0. The van der Waals surface area contributed by atoms with E-state index in [1.807, 2.05) is 0 Å². The number of hydrogen-bond donors (Lipinski definition) is 1. The second-order valence-electron chi connectivity index (χ2n) is 11.2. The smallest absolute Gasteiger partial charge is 0.00772 e. The van der Waals surface area contributed by atoms with E-state index in [0.29, 0.717) is 10.8 Å². The molecule has 0 heterocycles. The number of hydrogen-bond acceptors (Lipinski definition) is 1. The fourth-order valence-electron chi connectivity index (χ4n) is 7.97. The van der Waals surface area contributed by atoms with Crippen LogP contribution in [0.1, 0.15) is 111 Å². The van der Waals surface area contributed by atoms with Crippen molar-refractivity contribution >= 4 is 0 Å². The van der Waals surface area contributed by atoms with Crippen molar-refractivity contribution in [3.05, 3.63) is 0 Å². The number of fused-ring (bicyclic) bond motifs is 1. The van der Waals surface area contributed by atoms with Crippen molar-refractivity contribution in [3.63, 3.8) is 0 Å². The number of nitrogens with two attached hydrogens (primary N) is 1. The van der Waals surface area contributed by atoms with Gasteiger partial charge in [0.2, 0.25) is 0 Å². The number of rotatable bonds is 7. The third-order valence-electron chi connectivity index (χ3n) is 9.51. The van der Waals surface area contributed by atoms with Gasteiger partial charge in [-0.3, -0.25) is 0 Å². The molecule has 0 bridgehead atoms. The van der Waals surface area contributed by atoms with Crippen LogP contribution in [0.25, 0.3) is 0 Å². The van der Waals surface area contributed by atoms with Gasteiger partial charge in [-0.1, -0.05) is 59.8 Å². The van der Waals surface area contributed by atoms with Gasteiger partial charge < -0.3 is 5.73 Å². The molecular weight excluding hydrogens is 314 g/mol. The quantitative estimate of drug-likeness (QED) is 0.510. The van der Waals surface area contributed by atoms with Crippen LogP contribution in [0.15, 0.2) is 0 Å². The van der Waals surface area contributed by atoms with E-state index in [2.05, 4.69) is 27.7 Å². The highest BCUT2D eigenvalue weighted by Gasteiger charge is 2.51. The van der Waals surface area contributed by atoms with Crippen LogP contribution in [-0.4, -0.2) is 6.54 Å². The minimum atomic E-state index is 0.580. The SMILES string of the molecule is CC[C@@H](CC1CCCC2(C)C(CCCN)CCC12)C1CCCCC1(C)C. The van der Waals surface area contributed by atoms with E-state index in [1.165, 1.54) is 83.5 Å². The molecule has 0 aromatic carbocycles. The molecule has 0 aromatic heterocycles. The summed E-state index contributed by atoms with van der Waals surface area (Å²) in [5.41, 5.74) is 7.05. The lowest BCUT2D eigenvalue weighted by Crippen LogP contribution is -2.40. The molecule has 0 aromatic rings. The Morgan fingerprint density at radius 3 is 2.46 bits per heavy atom. The molecule has 1 nitrogen and oxygen atoms in total. The summed E-state index contributed by atoms with van der Waals surface area (Å²) < 4.78 is 0. The zero-order valence-corrected chi connectivity index (χ0v) is 18.4. The molecule has 26 heavy (non-hydrogen) atoms. The van der Waals surface area contributed by atoms with E-state index in [0.717, 1.165) is 36.1 Å². The van der Waals surface area contributed by atoms with Crippen molar-refractivity contribution in [2.75, 3.05) is 6.54 Å². The summed E-state index contributed by atoms with van der Waals surface area (Å²) in [5.74, 6) is 4.94. The lowest BCUT2D eigenvalue weighted by atomic mass is 9.56. The average molecular weight is 362 g/mol. The van der Waals surface area contributed by atoms with Crippen LogP contribution in [0.2, 0.25) is 0 Å². The minimum Gasteiger partial charge on any atom is -0.330 e. The zero-order valence-electron chi connectivity index (χ0n) is 18.4. The lowest BCUT2D eigenvalue weighted by molar-refractivity contribution is 0.0110. The monoisotopic (exact) mass is 361 g/mol. The lowest BCUT2D eigenvalue weighted by Gasteiger charge is -2.49. The summed E-state index contributed by atoms with van der Waals surface area (Å²) in [7, 11) is 0. The Bertz CT molecular complexity index is 441. The van der Waals surface area contributed by atoms with Gasteiger partial charge in [0, 0.05) is 0 Å². The molecule has 3 fully saturated rings. The van der Waals surface area contributed by atoms with Crippen LogP contribution < -0.4 is 5.73 Å². The predicted molar refractivity (Wildman–Crippen MR) is 114 cm³/mol. The van der Waals surface area contributed by atoms with E-state index in [4.69, 9.17) is 5.73 Å². The van der Waals surface area contributed by atoms with Gasteiger partial charge >= 0.3 is 0 Å². The van der Waals surface area contributed by atoms with E-state index >= 15 is 0 Å². The van der Waals surface area contributed by atoms with Crippen molar-refractivity contribution in [3.8, 4) is 0 Å². The van der Waals surface area contributed by atoms with Gasteiger partial charge in [-0.15, -0.1) is 0 Å². The van der Waals surface area contributed by atoms with Gasteiger partial charge in [0.1, 0.15) is 0 Å². The molecule has 2 N–H and O–H groups in total. The van der Waals surface area contributed by atoms with E-state index < -0.39 is 0 Å². The standard InChI is InChI=1S/C25H47N/c1-5-19(22-12-6-7-15-24(22,2)3)18-20-10-8-16-25(4)21(11-9-17-26)13-14-23(20)25/h19-23H,5-18,26H2,1-4H3/t19-,20?,21?,22?,23?,25?/m0/s1. The normalized spacial score (nSPS) is 41.0. The molecular formula is C25H47N. The van der Waals surface area contributed by atoms with E-state index in [9.17, 15) is 0 Å². The summed E-state index contributed by atoms with van der Waals surface area (Å²) in [6, 6.07) is 0. The summed E-state index contributed by atoms with van der Waals surface area (Å²) in [5, 5.41) is 0. The molecule has 3 aliphatic carbocycles. The Morgan fingerprint density at radius 2 is 1.77 bits per heavy atom. The molecule has 152 valence electrons. The molecule has 3 rings (SSSR count). The van der Waals surface area contributed by atoms with Crippen molar-refractivity contribution in [2.45, 2.75) is 111 Å². The topological polar surface area (TPSA) is 26.0 Å². The molecule has 3 aliphatic rings. The van der Waals surface area contributed by atoms with Gasteiger partial charge in [-0.2, -0.15) is 0 Å². The zero-order chi connectivity index (χ0) is 18.8. The van der Waals surface area contributed by atoms with Gasteiger partial charge in [0.05, 0.1) is 0 Å². The average Bonchev–Trinajstić information content (AvgIpc) is 2.95. The van der Waals surface area contributed by atoms with Crippen LogP contribution in [0, 0.1) is 40.4 Å². The molecule has 6 atom stereocenters. The van der Waals surface area contributed by atoms with Crippen molar-refractivity contribution < 1.29 is 0 Å². The molecule has 0 saturated heterocycles. The summed E-state index contributed by atoms with van der Waals surface area (Å²) in [6.45, 7) is 11.2. The van der Waals surface area contributed by atoms with Crippen LogP contribution in [-0.2, 0) is 0 Å². The van der Waals surface area contributed by atoms with Crippen LogP contribution in [0.5, 0.6) is 0 Å². The van der Waals surface area contributed by atoms with Gasteiger partial charge in [0.15, 0.2) is 0 Å². The molecule has 0 amide bonds. The first-order chi connectivity index (χ1) is 12.4. The first-order valence-electron chi connectivity index (χ1n) is 12.1. The Morgan fingerprint density at radius 1 is 0.962 bits per heavy atom.